The van der Waals surface area contributed by atoms with Gasteiger partial charge in [-0.2, -0.15) is 13.9 Å². The normalized spacial score (nSPS) is 13.9. The Hall–Kier alpha value is -3.37. The van der Waals surface area contributed by atoms with E-state index in [0.29, 0.717) is 5.56 Å². The number of nitrogens with two attached hydrogens (primary N) is 1. The van der Waals surface area contributed by atoms with Gasteiger partial charge in [0, 0.05) is 50.4 Å². The molecule has 32 heavy (non-hydrogen) atoms. The molecule has 1 aliphatic heterocycles. The lowest BCUT2D eigenvalue weighted by atomic mass is 10.0. The predicted molar refractivity (Wildman–Crippen MR) is 117 cm³/mol. The molecular formula is C22H23F3N6O. The van der Waals surface area contributed by atoms with Gasteiger partial charge < -0.3 is 16.0 Å². The van der Waals surface area contributed by atoms with Crippen molar-refractivity contribution in [3.63, 3.8) is 0 Å². The first kappa shape index (κ1) is 21.8. The molecule has 0 saturated carbocycles. The Labute approximate surface area is 182 Å². The highest BCUT2D eigenvalue weighted by molar-refractivity contribution is 5.67. The van der Waals surface area contributed by atoms with Gasteiger partial charge >= 0.3 is 5.69 Å². The van der Waals surface area contributed by atoms with Crippen LogP contribution in [0.3, 0.4) is 0 Å². The lowest BCUT2D eigenvalue weighted by Crippen LogP contribution is -2.43. The van der Waals surface area contributed by atoms with Crippen LogP contribution in [0.25, 0.3) is 16.8 Å². The second-order valence-electron chi connectivity index (χ2n) is 7.48. The Balaban J connectivity index is 1.61. The fourth-order valence-corrected chi connectivity index (χ4v) is 3.76. The van der Waals surface area contributed by atoms with Crippen molar-refractivity contribution in [1.82, 2.24) is 20.1 Å². The average molecular weight is 444 g/mol. The summed E-state index contributed by atoms with van der Waals surface area (Å²) in [6.07, 6.45) is -2.30. The van der Waals surface area contributed by atoms with Crippen molar-refractivity contribution in [2.24, 2.45) is 5.73 Å². The monoisotopic (exact) mass is 444 g/mol. The molecule has 2 heterocycles. The molecule has 0 aliphatic carbocycles. The fraction of sp³-hybridized carbons (Fsp3) is 0.273. The zero-order valence-electron chi connectivity index (χ0n) is 17.2. The topological polar surface area (TPSA) is 92.0 Å². The molecule has 1 saturated heterocycles. The summed E-state index contributed by atoms with van der Waals surface area (Å²) in [4.78, 5) is 14.5. The fourth-order valence-electron chi connectivity index (χ4n) is 3.76. The molecule has 10 heteroatoms. The molecule has 0 atom stereocenters. The van der Waals surface area contributed by atoms with Gasteiger partial charge in [0.2, 0.25) is 0 Å². The zero-order valence-corrected chi connectivity index (χ0v) is 17.2. The van der Waals surface area contributed by atoms with Crippen molar-refractivity contribution in [2.75, 3.05) is 37.6 Å². The maximum atomic E-state index is 15.0. The molecule has 168 valence electrons. The first-order valence-corrected chi connectivity index (χ1v) is 10.2. The molecule has 0 radical (unpaired) electrons. The number of benzene rings is 2. The van der Waals surface area contributed by atoms with E-state index in [2.05, 4.69) is 20.4 Å². The van der Waals surface area contributed by atoms with E-state index in [0.717, 1.165) is 42.0 Å². The Bertz CT molecular complexity index is 1180. The third kappa shape index (κ3) is 4.46. The van der Waals surface area contributed by atoms with E-state index in [-0.39, 0.29) is 23.5 Å². The number of halogens is 3. The van der Waals surface area contributed by atoms with Crippen LogP contribution in [0.15, 0.2) is 58.9 Å². The van der Waals surface area contributed by atoms with Crippen molar-refractivity contribution in [3.8, 4) is 16.8 Å². The number of nitrogens with zero attached hydrogens (tertiary/aromatic N) is 3. The van der Waals surface area contributed by atoms with Crippen LogP contribution in [0.4, 0.5) is 18.9 Å². The highest BCUT2D eigenvalue weighted by Crippen LogP contribution is 2.26. The largest absolute Gasteiger partial charge is 0.369 e. The van der Waals surface area contributed by atoms with Gasteiger partial charge in [-0.3, -0.25) is 0 Å². The van der Waals surface area contributed by atoms with E-state index in [1.54, 1.807) is 6.07 Å². The van der Waals surface area contributed by atoms with Crippen LogP contribution in [-0.4, -0.2) is 47.5 Å². The summed E-state index contributed by atoms with van der Waals surface area (Å²) < 4.78 is 41.9. The van der Waals surface area contributed by atoms with Crippen molar-refractivity contribution >= 4 is 5.69 Å². The zero-order chi connectivity index (χ0) is 22.7. The molecule has 4 N–H and O–H groups in total. The molecule has 0 amide bonds. The summed E-state index contributed by atoms with van der Waals surface area (Å²) >= 11 is 0. The number of hydrogen-bond donors (Lipinski definition) is 3. The van der Waals surface area contributed by atoms with Crippen molar-refractivity contribution in [2.45, 2.75) is 6.42 Å². The summed E-state index contributed by atoms with van der Waals surface area (Å²) in [6, 6.07) is 12.3. The van der Waals surface area contributed by atoms with E-state index >= 15 is 4.39 Å². The van der Waals surface area contributed by atoms with Crippen molar-refractivity contribution in [3.05, 3.63) is 76.2 Å². The van der Waals surface area contributed by atoms with Crippen LogP contribution in [0.5, 0.6) is 0 Å². The van der Waals surface area contributed by atoms with Gasteiger partial charge in [-0.25, -0.2) is 18.9 Å². The van der Waals surface area contributed by atoms with E-state index in [4.69, 9.17) is 5.73 Å². The molecular weight excluding hydrogens is 421 g/mol. The first-order valence-electron chi connectivity index (χ1n) is 10.2. The van der Waals surface area contributed by atoms with Gasteiger partial charge in [0.25, 0.3) is 6.08 Å². The number of aromatic nitrogens is 3. The number of piperazine rings is 1. The Kier molecular flexibility index (Phi) is 6.42. The van der Waals surface area contributed by atoms with Crippen molar-refractivity contribution < 1.29 is 13.2 Å². The Morgan fingerprint density at radius 2 is 1.75 bits per heavy atom. The minimum Gasteiger partial charge on any atom is -0.369 e. The van der Waals surface area contributed by atoms with Gasteiger partial charge in [0.15, 0.2) is 0 Å². The summed E-state index contributed by atoms with van der Waals surface area (Å²) in [7, 11) is 0. The lowest BCUT2D eigenvalue weighted by molar-refractivity contribution is 0.407. The third-order valence-corrected chi connectivity index (χ3v) is 5.50. The van der Waals surface area contributed by atoms with Crippen molar-refractivity contribution in [1.29, 1.82) is 0 Å². The molecule has 2 aromatic carbocycles. The lowest BCUT2D eigenvalue weighted by Gasteiger charge is -2.29. The number of rotatable bonds is 6. The van der Waals surface area contributed by atoms with Gasteiger partial charge in [0.1, 0.15) is 11.6 Å². The molecule has 3 aromatic rings. The van der Waals surface area contributed by atoms with Crippen LogP contribution in [0.1, 0.15) is 5.82 Å². The number of nitrogens with one attached hydrogen (secondary N) is 2. The van der Waals surface area contributed by atoms with E-state index in [1.165, 1.54) is 12.1 Å². The summed E-state index contributed by atoms with van der Waals surface area (Å²) in [5.74, 6) is -0.715. The average Bonchev–Trinajstić information content (AvgIpc) is 3.17. The highest BCUT2D eigenvalue weighted by Gasteiger charge is 2.18. The van der Waals surface area contributed by atoms with Crippen LogP contribution in [-0.2, 0) is 6.42 Å². The third-order valence-electron chi connectivity index (χ3n) is 5.50. The number of hydrogen-bond acceptors (Lipinski definition) is 5. The van der Waals surface area contributed by atoms with E-state index < -0.39 is 24.1 Å². The van der Waals surface area contributed by atoms with Gasteiger partial charge in [-0.1, -0.05) is 18.2 Å². The van der Waals surface area contributed by atoms with E-state index in [9.17, 15) is 13.6 Å². The van der Waals surface area contributed by atoms with Crippen LogP contribution in [0.2, 0.25) is 0 Å². The van der Waals surface area contributed by atoms with Crippen LogP contribution < -0.4 is 21.6 Å². The maximum absolute atomic E-state index is 15.0. The van der Waals surface area contributed by atoms with Gasteiger partial charge in [-0.05, 0) is 35.4 Å². The number of anilines is 1. The minimum atomic E-state index is -1.94. The van der Waals surface area contributed by atoms with Crippen LogP contribution >= 0.6 is 0 Å². The number of aromatic amines is 1. The van der Waals surface area contributed by atoms with Gasteiger partial charge in [0.05, 0.1) is 5.69 Å². The summed E-state index contributed by atoms with van der Waals surface area (Å²) in [5.41, 5.74) is 6.74. The van der Waals surface area contributed by atoms with Crippen LogP contribution in [0, 0.1) is 5.82 Å². The molecule has 0 spiro atoms. The summed E-state index contributed by atoms with van der Waals surface area (Å²) in [6.45, 7) is 3.33. The summed E-state index contributed by atoms with van der Waals surface area (Å²) in [5, 5.41) is 9.26. The number of H-pyrrole nitrogens is 1. The second kappa shape index (κ2) is 9.41. The maximum Gasteiger partial charge on any atom is 0.348 e. The smallest absolute Gasteiger partial charge is 0.348 e. The highest BCUT2D eigenvalue weighted by atomic mass is 19.3. The molecule has 0 unspecified atom stereocenters. The second-order valence-corrected chi connectivity index (χ2v) is 7.48. The standard InChI is InChI=1S/C22H23F3N6O/c23-18-11-15(14-1-4-17(5-2-14)30-9-7-27-8-10-30)3-6-19(18)31-20(28-29-22(31)32)12-16(13-26)21(24)25/h1-6,11,27H,7-10,12-13,26H2,(H,29,32). The van der Waals surface area contributed by atoms with E-state index in [1.807, 2.05) is 24.3 Å². The molecule has 1 aromatic heterocycles. The van der Waals surface area contributed by atoms with Gasteiger partial charge in [-0.15, -0.1) is 0 Å². The quantitative estimate of drug-likeness (QED) is 0.543. The molecule has 1 fully saturated rings. The molecule has 4 rings (SSSR count). The Morgan fingerprint density at radius 1 is 1.06 bits per heavy atom. The molecule has 0 bridgehead atoms. The molecule has 7 nitrogen and oxygen atoms in total. The first-order chi connectivity index (χ1) is 15.5. The SMILES string of the molecule is NCC(Cc1n[nH]c(=O)n1-c1ccc(-c2ccc(N3CCNCC3)cc2)cc1F)=C(F)F. The molecule has 1 aliphatic rings. The predicted octanol–water partition coefficient (Wildman–Crippen LogP) is 2.43. The minimum absolute atomic E-state index is 0.0460. The Morgan fingerprint density at radius 3 is 2.38 bits per heavy atom.